The molecule has 22 heavy (non-hydrogen) atoms. The second-order valence-electron chi connectivity index (χ2n) is 5.55. The fraction of sp³-hybridized carbons (Fsp3) is 0.400. The zero-order chi connectivity index (χ0) is 15.9. The Balaban J connectivity index is 1.99. The Bertz CT molecular complexity index is 697. The van der Waals surface area contributed by atoms with E-state index in [0.29, 0.717) is 12.8 Å². The van der Waals surface area contributed by atoms with Crippen LogP contribution in [0.2, 0.25) is 0 Å². The molecule has 1 aromatic carbocycles. The van der Waals surface area contributed by atoms with Gasteiger partial charge in [-0.1, -0.05) is 12.8 Å². The van der Waals surface area contributed by atoms with Crippen molar-refractivity contribution in [1.29, 1.82) is 0 Å². The minimum atomic E-state index is -0.742. The van der Waals surface area contributed by atoms with Gasteiger partial charge in [0.25, 0.3) is 17.5 Å². The van der Waals surface area contributed by atoms with Gasteiger partial charge >= 0.3 is 0 Å². The highest BCUT2D eigenvalue weighted by Crippen LogP contribution is 2.31. The zero-order valence-electron chi connectivity index (χ0n) is 11.8. The molecule has 1 heterocycles. The molecule has 1 saturated carbocycles. The predicted octanol–water partition coefficient (Wildman–Crippen LogP) is 2.09. The Kier molecular flexibility index (Phi) is 3.48. The second kappa shape index (κ2) is 5.32. The molecule has 1 aliphatic carbocycles. The standard InChI is InChI=1S/C15H14N2O5/c18-13-5-3-1-2-4-12(13)16-14(19)10-7-6-9(17(21)22)8-11(10)15(16)20/h6-8,12H,1-5H2/t12-/m0/s1. The zero-order valence-corrected chi connectivity index (χ0v) is 11.8. The Hall–Kier alpha value is -2.57. The summed E-state index contributed by atoms with van der Waals surface area (Å²) in [6.45, 7) is 0. The number of imide groups is 1. The molecule has 0 aromatic heterocycles. The first kappa shape index (κ1) is 14.4. The number of rotatable bonds is 2. The van der Waals surface area contributed by atoms with Crippen LogP contribution in [0.25, 0.3) is 0 Å². The molecule has 0 unspecified atom stereocenters. The van der Waals surface area contributed by atoms with Crippen molar-refractivity contribution in [3.8, 4) is 0 Å². The van der Waals surface area contributed by atoms with Crippen LogP contribution in [0.15, 0.2) is 18.2 Å². The Labute approximate surface area is 126 Å². The fourth-order valence-corrected chi connectivity index (χ4v) is 3.06. The summed E-state index contributed by atoms with van der Waals surface area (Å²) in [5.41, 5.74) is -0.0992. The summed E-state index contributed by atoms with van der Waals surface area (Å²) in [6, 6.07) is 2.85. The Morgan fingerprint density at radius 2 is 1.77 bits per heavy atom. The van der Waals surface area contributed by atoms with Gasteiger partial charge in [-0.3, -0.25) is 29.4 Å². The molecular weight excluding hydrogens is 288 g/mol. The van der Waals surface area contributed by atoms with E-state index >= 15 is 0 Å². The van der Waals surface area contributed by atoms with Crippen LogP contribution in [0.4, 0.5) is 5.69 Å². The van der Waals surface area contributed by atoms with E-state index in [4.69, 9.17) is 0 Å². The number of benzene rings is 1. The number of hydrogen-bond acceptors (Lipinski definition) is 5. The van der Waals surface area contributed by atoms with E-state index in [1.807, 2.05) is 0 Å². The third-order valence-corrected chi connectivity index (χ3v) is 4.20. The summed E-state index contributed by atoms with van der Waals surface area (Å²) >= 11 is 0. The Morgan fingerprint density at radius 1 is 1.05 bits per heavy atom. The SMILES string of the molecule is O=C1CCCCC[C@@H]1N1C(=O)c2ccc([N+](=O)[O-])cc2C1=O. The summed E-state index contributed by atoms with van der Waals surface area (Å²) < 4.78 is 0. The van der Waals surface area contributed by atoms with Crippen LogP contribution in [-0.4, -0.2) is 33.5 Å². The molecule has 0 N–H and O–H groups in total. The van der Waals surface area contributed by atoms with Crippen molar-refractivity contribution in [2.75, 3.05) is 0 Å². The third-order valence-electron chi connectivity index (χ3n) is 4.20. The van der Waals surface area contributed by atoms with Crippen LogP contribution >= 0.6 is 0 Å². The van der Waals surface area contributed by atoms with Crippen LogP contribution in [0.3, 0.4) is 0 Å². The number of non-ortho nitro benzene ring substituents is 1. The molecule has 0 spiro atoms. The number of carbonyl (C=O) groups excluding carboxylic acids is 3. The molecule has 0 bridgehead atoms. The van der Waals surface area contributed by atoms with Crippen molar-refractivity contribution in [2.45, 2.75) is 38.1 Å². The normalized spacial score (nSPS) is 21.7. The van der Waals surface area contributed by atoms with Gasteiger partial charge in [-0.15, -0.1) is 0 Å². The number of Topliss-reactive ketones (excluding diaryl/α,β-unsaturated/α-hetero) is 1. The van der Waals surface area contributed by atoms with Crippen molar-refractivity contribution in [2.24, 2.45) is 0 Å². The second-order valence-corrected chi connectivity index (χ2v) is 5.55. The molecule has 1 atom stereocenters. The summed E-state index contributed by atoms with van der Waals surface area (Å²) in [5, 5.41) is 10.8. The first-order valence-corrected chi connectivity index (χ1v) is 7.20. The highest BCUT2D eigenvalue weighted by atomic mass is 16.6. The summed E-state index contributed by atoms with van der Waals surface area (Å²) in [6.07, 6.45) is 3.27. The number of nitro benzene ring substituents is 1. The smallest absolute Gasteiger partial charge is 0.270 e. The van der Waals surface area contributed by atoms with E-state index in [-0.39, 0.29) is 22.6 Å². The van der Waals surface area contributed by atoms with Gasteiger partial charge in [0.2, 0.25) is 0 Å². The summed E-state index contributed by atoms with van der Waals surface area (Å²) in [5.74, 6) is -1.25. The fourth-order valence-electron chi connectivity index (χ4n) is 3.06. The van der Waals surface area contributed by atoms with Gasteiger partial charge in [0.05, 0.1) is 22.1 Å². The molecule has 1 aliphatic heterocycles. The molecule has 0 radical (unpaired) electrons. The van der Waals surface area contributed by atoms with E-state index in [0.717, 1.165) is 30.2 Å². The highest BCUT2D eigenvalue weighted by Gasteiger charge is 2.43. The van der Waals surface area contributed by atoms with Gasteiger partial charge in [0.1, 0.15) is 0 Å². The molecule has 1 aromatic rings. The topological polar surface area (TPSA) is 97.6 Å². The summed E-state index contributed by atoms with van der Waals surface area (Å²) in [4.78, 5) is 48.2. The molecule has 7 nitrogen and oxygen atoms in total. The van der Waals surface area contributed by atoms with E-state index < -0.39 is 22.8 Å². The average molecular weight is 302 g/mol. The number of carbonyl (C=O) groups is 3. The third kappa shape index (κ3) is 2.18. The van der Waals surface area contributed by atoms with Crippen LogP contribution in [-0.2, 0) is 4.79 Å². The lowest BCUT2D eigenvalue weighted by molar-refractivity contribution is -0.384. The highest BCUT2D eigenvalue weighted by molar-refractivity contribution is 6.23. The van der Waals surface area contributed by atoms with Crippen molar-refractivity contribution in [1.82, 2.24) is 4.90 Å². The number of ketones is 1. The molecule has 2 amide bonds. The van der Waals surface area contributed by atoms with Gasteiger partial charge in [0, 0.05) is 18.6 Å². The van der Waals surface area contributed by atoms with Gasteiger partial charge in [-0.2, -0.15) is 0 Å². The van der Waals surface area contributed by atoms with Crippen LogP contribution in [0.1, 0.15) is 52.8 Å². The number of hydrogen-bond donors (Lipinski definition) is 0. The molecule has 1 fully saturated rings. The van der Waals surface area contributed by atoms with Gasteiger partial charge in [-0.05, 0) is 18.9 Å². The first-order chi connectivity index (χ1) is 10.5. The molecule has 3 rings (SSSR count). The van der Waals surface area contributed by atoms with E-state index in [1.54, 1.807) is 0 Å². The van der Waals surface area contributed by atoms with Gasteiger partial charge in [0.15, 0.2) is 5.78 Å². The predicted molar refractivity (Wildman–Crippen MR) is 75.5 cm³/mol. The van der Waals surface area contributed by atoms with Crippen molar-refractivity contribution < 1.29 is 19.3 Å². The maximum atomic E-state index is 12.5. The van der Waals surface area contributed by atoms with E-state index in [9.17, 15) is 24.5 Å². The van der Waals surface area contributed by atoms with Gasteiger partial charge < -0.3 is 0 Å². The maximum Gasteiger partial charge on any atom is 0.270 e. The van der Waals surface area contributed by atoms with Crippen LogP contribution < -0.4 is 0 Å². The van der Waals surface area contributed by atoms with E-state index in [2.05, 4.69) is 0 Å². The van der Waals surface area contributed by atoms with Crippen molar-refractivity contribution in [3.05, 3.63) is 39.4 Å². The maximum absolute atomic E-state index is 12.5. The van der Waals surface area contributed by atoms with Crippen LogP contribution in [0.5, 0.6) is 0 Å². The minimum Gasteiger partial charge on any atom is -0.297 e. The van der Waals surface area contributed by atoms with Gasteiger partial charge in [-0.25, -0.2) is 0 Å². The Morgan fingerprint density at radius 3 is 2.50 bits per heavy atom. The summed E-state index contributed by atoms with van der Waals surface area (Å²) in [7, 11) is 0. The monoisotopic (exact) mass is 302 g/mol. The molecule has 0 saturated heterocycles. The van der Waals surface area contributed by atoms with Crippen molar-refractivity contribution in [3.63, 3.8) is 0 Å². The minimum absolute atomic E-state index is 0.0104. The largest absolute Gasteiger partial charge is 0.297 e. The number of nitrogens with zero attached hydrogens (tertiary/aromatic N) is 2. The molecule has 114 valence electrons. The number of amides is 2. The number of fused-ring (bicyclic) bond motifs is 1. The van der Waals surface area contributed by atoms with Crippen LogP contribution in [0, 0.1) is 10.1 Å². The quantitative estimate of drug-likeness (QED) is 0.360. The first-order valence-electron chi connectivity index (χ1n) is 7.20. The molecule has 2 aliphatic rings. The molecular formula is C15H14N2O5. The number of nitro groups is 1. The lowest BCUT2D eigenvalue weighted by Gasteiger charge is -2.23. The lowest BCUT2D eigenvalue weighted by atomic mass is 10.1. The average Bonchev–Trinajstić information content (AvgIpc) is 2.65. The van der Waals surface area contributed by atoms with Crippen molar-refractivity contribution >= 4 is 23.3 Å². The lowest BCUT2D eigenvalue weighted by Crippen LogP contribution is -2.44. The van der Waals surface area contributed by atoms with E-state index in [1.165, 1.54) is 12.1 Å². The molecule has 7 heteroatoms.